The maximum absolute atomic E-state index is 13.3. The van der Waals surface area contributed by atoms with Crippen molar-refractivity contribution >= 4 is 17.9 Å². The van der Waals surface area contributed by atoms with Crippen molar-refractivity contribution in [2.24, 2.45) is 5.92 Å². The minimum absolute atomic E-state index is 0.199. The smallest absolute Gasteiger partial charge is 0.318 e. The van der Waals surface area contributed by atoms with Crippen LogP contribution in [-0.2, 0) is 28.6 Å². The summed E-state index contributed by atoms with van der Waals surface area (Å²) in [4.78, 5) is 39.3. The molecule has 1 aromatic rings. The minimum atomic E-state index is -1.12. The first kappa shape index (κ1) is 22.7. The summed E-state index contributed by atoms with van der Waals surface area (Å²) in [5.74, 6) is -2.50. The fourth-order valence-corrected chi connectivity index (χ4v) is 5.49. The lowest BCUT2D eigenvalue weighted by atomic mass is 9.79. The number of hydrogen-bond donors (Lipinski definition) is 1. The molecule has 9 heteroatoms. The van der Waals surface area contributed by atoms with Crippen LogP contribution in [0.3, 0.4) is 0 Å². The van der Waals surface area contributed by atoms with Gasteiger partial charge in [-0.2, -0.15) is 0 Å². The van der Waals surface area contributed by atoms with E-state index in [4.69, 9.17) is 14.2 Å². The molecule has 1 N–H and O–H groups in total. The molecule has 0 aromatic heterocycles. The predicted octanol–water partition coefficient (Wildman–Crippen LogP) is 0.271. The van der Waals surface area contributed by atoms with Crippen LogP contribution in [-0.4, -0.2) is 96.5 Å². The van der Waals surface area contributed by atoms with E-state index in [9.17, 15) is 19.5 Å². The Kier molecular flexibility index (Phi) is 6.50. The minimum Gasteiger partial charge on any atom is -0.462 e. The SMILES string of the molecule is CC(=O)OC[C@H]1OC(=O)[C@H](C(O)c2ccccc2)[C@@H]([N+]23CCN(CC2)CC3)[C@@H]1OC(C)=O. The average Bonchev–Trinajstić information content (AvgIpc) is 2.79. The van der Waals surface area contributed by atoms with Crippen molar-refractivity contribution in [3.8, 4) is 0 Å². The molecular formula is C23H31N2O7+. The number of benzene rings is 1. The van der Waals surface area contributed by atoms with Crippen LogP contribution < -0.4 is 0 Å². The standard InChI is InChI=1S/C23H31N2O7/c1-15(26)30-14-18-22(31-16(2)27)20(25-11-8-24(9-12-25)10-13-25)19(23(29)32-18)21(28)17-6-4-3-5-7-17/h3-7,18-22,28H,8-14H2,1-2H3/q+1/t18-,19+,20-,21?,22-/m1/s1. The maximum atomic E-state index is 13.3. The Labute approximate surface area is 187 Å². The fraction of sp³-hybridized carbons (Fsp3) is 0.609. The molecule has 4 aliphatic rings. The molecular weight excluding hydrogens is 416 g/mol. The third-order valence-corrected chi connectivity index (χ3v) is 7.06. The van der Waals surface area contributed by atoms with Gasteiger partial charge >= 0.3 is 17.9 Å². The summed E-state index contributed by atoms with van der Waals surface area (Å²) >= 11 is 0. The monoisotopic (exact) mass is 447 g/mol. The Bertz CT molecular complexity index is 839. The number of carbonyl (C=O) groups is 3. The number of aliphatic hydroxyl groups excluding tert-OH is 1. The second-order valence-electron chi connectivity index (χ2n) is 8.95. The number of carbonyl (C=O) groups excluding carboxylic acids is 3. The van der Waals surface area contributed by atoms with Crippen LogP contribution in [0, 0.1) is 5.92 Å². The number of fused-ring (bicyclic) bond motifs is 3. The number of rotatable bonds is 6. The number of quaternary nitrogens is 1. The van der Waals surface area contributed by atoms with Crippen molar-refractivity contribution in [1.29, 1.82) is 0 Å². The van der Waals surface area contributed by atoms with E-state index in [1.54, 1.807) is 24.3 Å². The molecule has 5 rings (SSSR count). The summed E-state index contributed by atoms with van der Waals surface area (Å²) in [6.07, 6.45) is -2.88. The largest absolute Gasteiger partial charge is 0.462 e. The first-order valence-electron chi connectivity index (χ1n) is 11.1. The Morgan fingerprint density at radius 1 is 1.12 bits per heavy atom. The van der Waals surface area contributed by atoms with Gasteiger partial charge in [0.2, 0.25) is 0 Å². The van der Waals surface area contributed by atoms with Crippen molar-refractivity contribution in [2.45, 2.75) is 38.2 Å². The molecule has 4 fully saturated rings. The zero-order valence-corrected chi connectivity index (χ0v) is 18.5. The molecule has 174 valence electrons. The Morgan fingerprint density at radius 2 is 1.75 bits per heavy atom. The van der Waals surface area contributed by atoms with Crippen LogP contribution >= 0.6 is 0 Å². The average molecular weight is 448 g/mol. The van der Waals surface area contributed by atoms with Gasteiger partial charge in [0.05, 0.1) is 25.7 Å². The predicted molar refractivity (Wildman–Crippen MR) is 112 cm³/mol. The fourth-order valence-electron chi connectivity index (χ4n) is 5.49. The van der Waals surface area contributed by atoms with Crippen molar-refractivity contribution in [2.75, 3.05) is 45.9 Å². The third kappa shape index (κ3) is 4.37. The van der Waals surface area contributed by atoms with E-state index in [1.807, 2.05) is 6.07 Å². The van der Waals surface area contributed by atoms with E-state index in [0.29, 0.717) is 10.0 Å². The highest BCUT2D eigenvalue weighted by Gasteiger charge is 2.61. The molecule has 0 amide bonds. The quantitative estimate of drug-likeness (QED) is 0.377. The van der Waals surface area contributed by atoms with Crippen LogP contribution in [0.1, 0.15) is 25.5 Å². The van der Waals surface area contributed by atoms with Crippen LogP contribution in [0.25, 0.3) is 0 Å². The van der Waals surface area contributed by atoms with E-state index in [2.05, 4.69) is 4.90 Å². The van der Waals surface area contributed by atoms with Gasteiger partial charge in [-0.05, 0) is 5.56 Å². The molecule has 0 spiro atoms. The summed E-state index contributed by atoms with van der Waals surface area (Å²) in [6, 6.07) is 8.49. The van der Waals surface area contributed by atoms with E-state index >= 15 is 0 Å². The van der Waals surface area contributed by atoms with E-state index in [1.165, 1.54) is 13.8 Å². The van der Waals surface area contributed by atoms with Crippen molar-refractivity contribution < 1.29 is 38.2 Å². The third-order valence-electron chi connectivity index (χ3n) is 7.06. The van der Waals surface area contributed by atoms with Crippen LogP contribution in [0.5, 0.6) is 0 Å². The molecule has 0 aliphatic carbocycles. The van der Waals surface area contributed by atoms with Gasteiger partial charge < -0.3 is 23.8 Å². The molecule has 2 bridgehead atoms. The zero-order chi connectivity index (χ0) is 22.9. The molecule has 1 aromatic carbocycles. The zero-order valence-electron chi connectivity index (χ0n) is 18.5. The van der Waals surface area contributed by atoms with Gasteiger partial charge in [-0.3, -0.25) is 19.3 Å². The molecule has 4 heterocycles. The van der Waals surface area contributed by atoms with Crippen LogP contribution in [0.4, 0.5) is 0 Å². The molecule has 0 radical (unpaired) electrons. The van der Waals surface area contributed by atoms with Crippen molar-refractivity contribution in [3.63, 3.8) is 0 Å². The van der Waals surface area contributed by atoms with Gasteiger partial charge in [0.15, 0.2) is 12.2 Å². The van der Waals surface area contributed by atoms with Crippen LogP contribution in [0.2, 0.25) is 0 Å². The van der Waals surface area contributed by atoms with Crippen LogP contribution in [0.15, 0.2) is 30.3 Å². The molecule has 0 saturated carbocycles. The number of hydrogen-bond acceptors (Lipinski definition) is 8. The Balaban J connectivity index is 1.76. The van der Waals surface area contributed by atoms with Gasteiger partial charge in [-0.1, -0.05) is 30.3 Å². The molecule has 4 saturated heterocycles. The van der Waals surface area contributed by atoms with E-state index in [-0.39, 0.29) is 6.61 Å². The maximum Gasteiger partial charge on any atom is 0.318 e. The number of aliphatic hydroxyl groups is 1. The number of piperazine rings is 3. The second-order valence-corrected chi connectivity index (χ2v) is 8.95. The van der Waals surface area contributed by atoms with Gasteiger partial charge in [0.1, 0.15) is 18.6 Å². The number of cyclic esters (lactones) is 1. The highest BCUT2D eigenvalue weighted by atomic mass is 16.6. The Morgan fingerprint density at radius 3 is 2.31 bits per heavy atom. The van der Waals surface area contributed by atoms with Crippen molar-refractivity contribution in [1.82, 2.24) is 4.90 Å². The molecule has 4 aliphatic heterocycles. The lowest BCUT2D eigenvalue weighted by molar-refractivity contribution is -0.970. The normalized spacial score (nSPS) is 35.0. The van der Waals surface area contributed by atoms with Gasteiger partial charge in [-0.15, -0.1) is 0 Å². The highest BCUT2D eigenvalue weighted by Crippen LogP contribution is 2.41. The summed E-state index contributed by atoms with van der Waals surface area (Å²) in [7, 11) is 0. The first-order chi connectivity index (χ1) is 15.3. The molecule has 32 heavy (non-hydrogen) atoms. The summed E-state index contributed by atoms with van der Waals surface area (Å²) in [5.41, 5.74) is 0.605. The summed E-state index contributed by atoms with van der Waals surface area (Å²) < 4.78 is 17.1. The number of ether oxygens (including phenoxy) is 3. The van der Waals surface area contributed by atoms with Crippen molar-refractivity contribution in [3.05, 3.63) is 35.9 Å². The molecule has 5 atom stereocenters. The highest BCUT2D eigenvalue weighted by molar-refractivity contribution is 5.76. The van der Waals surface area contributed by atoms with E-state index < -0.39 is 48.2 Å². The molecule has 1 unspecified atom stereocenters. The van der Waals surface area contributed by atoms with Gasteiger partial charge in [-0.25, -0.2) is 0 Å². The lowest BCUT2D eigenvalue weighted by Gasteiger charge is -2.58. The summed E-state index contributed by atoms with van der Waals surface area (Å²) in [6.45, 7) is 7.37. The Hall–Kier alpha value is -2.49. The number of nitrogens with zero attached hydrogens (tertiary/aromatic N) is 2. The first-order valence-corrected chi connectivity index (χ1v) is 11.1. The summed E-state index contributed by atoms with van der Waals surface area (Å²) in [5, 5.41) is 11.3. The molecule has 9 nitrogen and oxygen atoms in total. The topological polar surface area (TPSA) is 102 Å². The lowest BCUT2D eigenvalue weighted by Crippen LogP contribution is -2.77. The van der Waals surface area contributed by atoms with E-state index in [0.717, 1.165) is 39.3 Å². The van der Waals surface area contributed by atoms with Gasteiger partial charge in [0, 0.05) is 33.5 Å². The van der Waals surface area contributed by atoms with Gasteiger partial charge in [0.25, 0.3) is 0 Å². The number of esters is 3. The second kappa shape index (κ2) is 9.17.